The van der Waals surface area contributed by atoms with Gasteiger partial charge in [0.05, 0.1) is 12.6 Å². The predicted octanol–water partition coefficient (Wildman–Crippen LogP) is -0.157. The van der Waals surface area contributed by atoms with Gasteiger partial charge in [0.25, 0.3) is 5.09 Å². The lowest BCUT2D eigenvalue weighted by atomic mass is 10.2. The topological polar surface area (TPSA) is 93.5 Å². The second kappa shape index (κ2) is 7.00. The molecule has 2 N–H and O–H groups in total. The Morgan fingerprint density at radius 2 is 2.38 bits per heavy atom. The fourth-order valence-corrected chi connectivity index (χ4v) is 1.61. The minimum atomic E-state index is -0.805. The van der Waals surface area contributed by atoms with E-state index in [1.807, 2.05) is 0 Å². The zero-order valence-electron chi connectivity index (χ0n) is 9.11. The maximum absolute atomic E-state index is 11.5. The molecule has 0 aromatic rings. The van der Waals surface area contributed by atoms with Gasteiger partial charge in [-0.1, -0.05) is 0 Å². The number of carbonyl (C=O) groups excluding carboxylic acids is 1. The standard InChI is InChI=1S/C9H17N3O4/c13-9(8-4-3-6-10-8)11-5-1-2-7-16-12(14)15/h8,10H,1-7H2,(H,11,13). The van der Waals surface area contributed by atoms with E-state index in [4.69, 9.17) is 0 Å². The molecule has 0 saturated carbocycles. The molecule has 0 bridgehead atoms. The van der Waals surface area contributed by atoms with E-state index in [0.717, 1.165) is 19.4 Å². The zero-order chi connectivity index (χ0) is 11.8. The van der Waals surface area contributed by atoms with Crippen molar-refractivity contribution in [3.8, 4) is 0 Å². The Bertz CT molecular complexity index is 241. The van der Waals surface area contributed by atoms with Crippen LogP contribution in [0.2, 0.25) is 0 Å². The summed E-state index contributed by atoms with van der Waals surface area (Å²) in [5.74, 6) is 0.0210. The first-order chi connectivity index (χ1) is 7.70. The van der Waals surface area contributed by atoms with Gasteiger partial charge in [-0.05, 0) is 32.2 Å². The molecular weight excluding hydrogens is 214 g/mol. The maximum atomic E-state index is 11.5. The molecule has 1 amide bonds. The summed E-state index contributed by atoms with van der Waals surface area (Å²) < 4.78 is 0. The van der Waals surface area contributed by atoms with E-state index in [0.29, 0.717) is 19.4 Å². The van der Waals surface area contributed by atoms with Crippen molar-refractivity contribution in [1.82, 2.24) is 10.6 Å². The fourth-order valence-electron chi connectivity index (χ4n) is 1.61. The van der Waals surface area contributed by atoms with Crippen molar-refractivity contribution < 1.29 is 14.7 Å². The molecule has 92 valence electrons. The molecule has 0 aromatic carbocycles. The van der Waals surface area contributed by atoms with Crippen LogP contribution >= 0.6 is 0 Å². The fraction of sp³-hybridized carbons (Fsp3) is 0.889. The molecule has 0 aromatic heterocycles. The van der Waals surface area contributed by atoms with E-state index in [1.165, 1.54) is 0 Å². The summed E-state index contributed by atoms with van der Waals surface area (Å²) in [4.78, 5) is 25.4. The molecule has 1 heterocycles. The van der Waals surface area contributed by atoms with Crippen LogP contribution in [0.1, 0.15) is 25.7 Å². The first kappa shape index (κ1) is 12.7. The van der Waals surface area contributed by atoms with E-state index in [9.17, 15) is 14.9 Å². The Kier molecular flexibility index (Phi) is 5.55. The number of carbonyl (C=O) groups is 1. The lowest BCUT2D eigenvalue weighted by Crippen LogP contribution is -2.40. The van der Waals surface area contributed by atoms with Crippen LogP contribution in [-0.4, -0.2) is 36.7 Å². The van der Waals surface area contributed by atoms with Gasteiger partial charge < -0.3 is 15.5 Å². The lowest BCUT2D eigenvalue weighted by molar-refractivity contribution is -0.757. The van der Waals surface area contributed by atoms with Gasteiger partial charge in [-0.25, -0.2) is 0 Å². The summed E-state index contributed by atoms with van der Waals surface area (Å²) in [6, 6.07) is -0.0602. The van der Waals surface area contributed by atoms with Crippen LogP contribution in [0.3, 0.4) is 0 Å². The van der Waals surface area contributed by atoms with Crippen LogP contribution in [0.4, 0.5) is 0 Å². The number of unbranched alkanes of at least 4 members (excludes halogenated alkanes) is 1. The van der Waals surface area contributed by atoms with Gasteiger partial charge in [0.2, 0.25) is 5.91 Å². The Labute approximate surface area is 93.6 Å². The molecule has 1 aliphatic heterocycles. The zero-order valence-corrected chi connectivity index (χ0v) is 9.11. The Morgan fingerprint density at radius 1 is 1.56 bits per heavy atom. The molecule has 1 unspecified atom stereocenters. The highest BCUT2D eigenvalue weighted by Gasteiger charge is 2.20. The Hall–Kier alpha value is -1.37. The number of nitrogens with one attached hydrogen (secondary N) is 2. The molecule has 0 aliphatic carbocycles. The van der Waals surface area contributed by atoms with Crippen molar-refractivity contribution in [1.29, 1.82) is 0 Å². The monoisotopic (exact) mass is 231 g/mol. The number of nitrogens with zero attached hydrogens (tertiary/aromatic N) is 1. The highest BCUT2D eigenvalue weighted by atomic mass is 16.9. The number of hydrogen-bond acceptors (Lipinski definition) is 5. The molecule has 7 heteroatoms. The van der Waals surface area contributed by atoms with E-state index >= 15 is 0 Å². The third-order valence-electron chi connectivity index (χ3n) is 2.44. The molecular formula is C9H17N3O4. The lowest BCUT2D eigenvalue weighted by Gasteiger charge is -2.10. The van der Waals surface area contributed by atoms with Crippen LogP contribution in [0, 0.1) is 10.1 Å². The van der Waals surface area contributed by atoms with Gasteiger partial charge >= 0.3 is 0 Å². The average Bonchev–Trinajstić information content (AvgIpc) is 2.75. The van der Waals surface area contributed by atoms with Crippen LogP contribution in [0.25, 0.3) is 0 Å². The van der Waals surface area contributed by atoms with E-state index < -0.39 is 5.09 Å². The Balaban J connectivity index is 1.94. The number of amides is 1. The second-order valence-electron chi connectivity index (χ2n) is 3.70. The van der Waals surface area contributed by atoms with Gasteiger partial charge in [-0.3, -0.25) is 4.79 Å². The summed E-state index contributed by atoms with van der Waals surface area (Å²) in [5, 5.41) is 14.9. The SMILES string of the molecule is O=C(NCCCCO[N+](=O)[O-])C1CCCN1. The molecule has 1 fully saturated rings. The van der Waals surface area contributed by atoms with Crippen LogP contribution in [0.5, 0.6) is 0 Å². The van der Waals surface area contributed by atoms with Crippen molar-refractivity contribution in [2.45, 2.75) is 31.7 Å². The summed E-state index contributed by atoms with van der Waals surface area (Å²) in [5.41, 5.74) is 0. The summed E-state index contributed by atoms with van der Waals surface area (Å²) in [6.45, 7) is 1.53. The smallest absolute Gasteiger partial charge is 0.294 e. The number of rotatable bonds is 7. The highest BCUT2D eigenvalue weighted by molar-refractivity contribution is 5.81. The quantitative estimate of drug-likeness (QED) is 0.361. The van der Waals surface area contributed by atoms with Gasteiger partial charge in [0, 0.05) is 6.54 Å². The van der Waals surface area contributed by atoms with Crippen molar-refractivity contribution in [2.75, 3.05) is 19.7 Å². The highest BCUT2D eigenvalue weighted by Crippen LogP contribution is 2.04. The molecule has 0 radical (unpaired) electrons. The minimum absolute atomic E-state index is 0.0210. The molecule has 1 aliphatic rings. The molecule has 1 saturated heterocycles. The van der Waals surface area contributed by atoms with Crippen molar-refractivity contribution in [3.63, 3.8) is 0 Å². The first-order valence-electron chi connectivity index (χ1n) is 5.48. The van der Waals surface area contributed by atoms with Crippen molar-refractivity contribution in [2.24, 2.45) is 0 Å². The van der Waals surface area contributed by atoms with Gasteiger partial charge in [-0.15, -0.1) is 10.1 Å². The van der Waals surface area contributed by atoms with Crippen LogP contribution in [-0.2, 0) is 9.63 Å². The van der Waals surface area contributed by atoms with Crippen molar-refractivity contribution in [3.05, 3.63) is 10.1 Å². The second-order valence-corrected chi connectivity index (χ2v) is 3.70. The molecule has 7 nitrogen and oxygen atoms in total. The summed E-state index contributed by atoms with van der Waals surface area (Å²) in [6.07, 6.45) is 3.18. The predicted molar refractivity (Wildman–Crippen MR) is 56.2 cm³/mol. The average molecular weight is 231 g/mol. The van der Waals surface area contributed by atoms with E-state index in [2.05, 4.69) is 15.5 Å². The molecule has 1 atom stereocenters. The molecule has 1 rings (SSSR count). The van der Waals surface area contributed by atoms with E-state index in [1.54, 1.807) is 0 Å². The van der Waals surface area contributed by atoms with Crippen molar-refractivity contribution >= 4 is 5.91 Å². The van der Waals surface area contributed by atoms with E-state index in [-0.39, 0.29) is 18.6 Å². The van der Waals surface area contributed by atoms with Gasteiger partial charge in [0.15, 0.2) is 0 Å². The van der Waals surface area contributed by atoms with Crippen LogP contribution in [0.15, 0.2) is 0 Å². The third kappa shape index (κ3) is 4.92. The van der Waals surface area contributed by atoms with Gasteiger partial charge in [-0.2, -0.15) is 0 Å². The maximum Gasteiger partial charge on any atom is 0.294 e. The first-order valence-corrected chi connectivity index (χ1v) is 5.48. The van der Waals surface area contributed by atoms with Crippen LogP contribution < -0.4 is 10.6 Å². The molecule has 0 spiro atoms. The minimum Gasteiger partial charge on any atom is -0.355 e. The summed E-state index contributed by atoms with van der Waals surface area (Å²) >= 11 is 0. The van der Waals surface area contributed by atoms with Gasteiger partial charge in [0.1, 0.15) is 0 Å². The normalized spacial score (nSPS) is 19.4. The Morgan fingerprint density at radius 3 is 3.00 bits per heavy atom. The number of hydrogen-bond donors (Lipinski definition) is 2. The third-order valence-corrected chi connectivity index (χ3v) is 2.44. The largest absolute Gasteiger partial charge is 0.355 e. The summed E-state index contributed by atoms with van der Waals surface area (Å²) in [7, 11) is 0. The molecule has 16 heavy (non-hydrogen) atoms.